The molecule has 1 saturated heterocycles. The van der Waals surface area contributed by atoms with Gasteiger partial charge in [-0.25, -0.2) is 8.42 Å². The topological polar surface area (TPSA) is 49.4 Å². The van der Waals surface area contributed by atoms with E-state index in [1.807, 2.05) is 0 Å². The van der Waals surface area contributed by atoms with E-state index in [2.05, 4.69) is 5.32 Å². The molecule has 1 fully saturated rings. The highest BCUT2D eigenvalue weighted by molar-refractivity contribution is 7.89. The molecule has 0 radical (unpaired) electrons. The number of halogens is 3. The molecule has 8 heteroatoms. The molecule has 1 rings (SSSR count). The second-order valence-corrected chi connectivity index (χ2v) is 6.66. The van der Waals surface area contributed by atoms with Gasteiger partial charge >= 0.3 is 6.18 Å². The molecule has 0 aromatic rings. The van der Waals surface area contributed by atoms with Crippen LogP contribution in [-0.2, 0) is 10.0 Å². The van der Waals surface area contributed by atoms with Crippen molar-refractivity contribution in [1.29, 1.82) is 0 Å². The third-order valence-electron chi connectivity index (χ3n) is 2.90. The standard InChI is InChI=1S/C10H19F3N2O2S/c1-2-7-15(8-10(11,12)13)18(16,17)9-3-5-14-6-4-9/h9,14H,2-8H2,1H3. The van der Waals surface area contributed by atoms with E-state index >= 15 is 0 Å². The fourth-order valence-electron chi connectivity index (χ4n) is 2.05. The predicted molar refractivity (Wildman–Crippen MR) is 62.7 cm³/mol. The highest BCUT2D eigenvalue weighted by atomic mass is 32.2. The van der Waals surface area contributed by atoms with Gasteiger partial charge < -0.3 is 5.32 Å². The number of alkyl halides is 3. The smallest absolute Gasteiger partial charge is 0.317 e. The third-order valence-corrected chi connectivity index (χ3v) is 5.24. The van der Waals surface area contributed by atoms with Crippen molar-refractivity contribution in [2.24, 2.45) is 0 Å². The average Bonchev–Trinajstić information content (AvgIpc) is 2.28. The summed E-state index contributed by atoms with van der Waals surface area (Å²) in [4.78, 5) is 0. The number of piperidine rings is 1. The van der Waals surface area contributed by atoms with Crippen molar-refractivity contribution in [1.82, 2.24) is 9.62 Å². The summed E-state index contributed by atoms with van der Waals surface area (Å²) in [6, 6.07) is 0. The predicted octanol–water partition coefficient (Wildman–Crippen LogP) is 1.34. The maximum absolute atomic E-state index is 12.4. The number of hydrogen-bond donors (Lipinski definition) is 1. The van der Waals surface area contributed by atoms with Crippen molar-refractivity contribution in [3.63, 3.8) is 0 Å². The number of nitrogens with one attached hydrogen (secondary N) is 1. The molecule has 0 spiro atoms. The molecule has 0 aromatic heterocycles. The van der Waals surface area contributed by atoms with Gasteiger partial charge in [-0.15, -0.1) is 0 Å². The lowest BCUT2D eigenvalue weighted by molar-refractivity contribution is -0.136. The largest absolute Gasteiger partial charge is 0.402 e. The summed E-state index contributed by atoms with van der Waals surface area (Å²) in [6.07, 6.45) is -3.36. The van der Waals surface area contributed by atoms with Crippen LogP contribution in [0.25, 0.3) is 0 Å². The zero-order valence-electron chi connectivity index (χ0n) is 10.3. The first-order chi connectivity index (χ1) is 8.27. The Morgan fingerprint density at radius 2 is 1.83 bits per heavy atom. The third kappa shape index (κ3) is 4.40. The van der Waals surface area contributed by atoms with Crippen molar-refractivity contribution in [3.8, 4) is 0 Å². The van der Waals surface area contributed by atoms with Crippen LogP contribution in [0.1, 0.15) is 26.2 Å². The molecule has 1 heterocycles. The summed E-state index contributed by atoms with van der Waals surface area (Å²) in [7, 11) is -3.85. The first-order valence-corrected chi connectivity index (χ1v) is 7.54. The molecule has 0 bridgehead atoms. The van der Waals surface area contributed by atoms with E-state index in [9.17, 15) is 21.6 Å². The first kappa shape index (κ1) is 15.7. The normalized spacial score (nSPS) is 19.4. The van der Waals surface area contributed by atoms with Gasteiger partial charge in [-0.05, 0) is 32.4 Å². The zero-order valence-corrected chi connectivity index (χ0v) is 11.1. The molecule has 0 aliphatic carbocycles. The molecule has 0 aromatic carbocycles. The number of sulfonamides is 1. The van der Waals surface area contributed by atoms with E-state index in [1.165, 1.54) is 0 Å². The van der Waals surface area contributed by atoms with Crippen LogP contribution in [0.4, 0.5) is 13.2 Å². The molecule has 1 aliphatic rings. The van der Waals surface area contributed by atoms with Gasteiger partial charge in [0.1, 0.15) is 6.54 Å². The van der Waals surface area contributed by atoms with Gasteiger partial charge in [-0.2, -0.15) is 17.5 Å². The minimum atomic E-state index is -4.49. The Labute approximate surface area is 106 Å². The van der Waals surface area contributed by atoms with Gasteiger partial charge in [0, 0.05) is 6.54 Å². The van der Waals surface area contributed by atoms with Crippen molar-refractivity contribution in [2.75, 3.05) is 26.2 Å². The van der Waals surface area contributed by atoms with Crippen LogP contribution in [-0.4, -0.2) is 50.3 Å². The molecule has 4 nitrogen and oxygen atoms in total. The van der Waals surface area contributed by atoms with E-state index in [4.69, 9.17) is 0 Å². The van der Waals surface area contributed by atoms with Crippen LogP contribution in [0, 0.1) is 0 Å². The molecule has 0 saturated carbocycles. The van der Waals surface area contributed by atoms with E-state index in [1.54, 1.807) is 6.92 Å². The van der Waals surface area contributed by atoms with E-state index in [0.717, 1.165) is 0 Å². The summed E-state index contributed by atoms with van der Waals surface area (Å²) in [5.74, 6) is 0. The highest BCUT2D eigenvalue weighted by Crippen LogP contribution is 2.23. The lowest BCUT2D eigenvalue weighted by Gasteiger charge is -2.30. The Morgan fingerprint density at radius 3 is 2.28 bits per heavy atom. The van der Waals surface area contributed by atoms with Crippen molar-refractivity contribution >= 4 is 10.0 Å². The number of nitrogens with zero attached hydrogens (tertiary/aromatic N) is 1. The monoisotopic (exact) mass is 288 g/mol. The van der Waals surface area contributed by atoms with Crippen molar-refractivity contribution in [3.05, 3.63) is 0 Å². The molecular weight excluding hydrogens is 269 g/mol. The van der Waals surface area contributed by atoms with Gasteiger partial charge in [0.25, 0.3) is 0 Å². The van der Waals surface area contributed by atoms with Gasteiger partial charge in [0.15, 0.2) is 0 Å². The van der Waals surface area contributed by atoms with Crippen LogP contribution < -0.4 is 5.32 Å². The Morgan fingerprint density at radius 1 is 1.28 bits per heavy atom. The van der Waals surface area contributed by atoms with Crippen LogP contribution >= 0.6 is 0 Å². The maximum Gasteiger partial charge on any atom is 0.402 e. The zero-order chi connectivity index (χ0) is 13.8. The van der Waals surface area contributed by atoms with Crippen LogP contribution in [0.15, 0.2) is 0 Å². The molecule has 108 valence electrons. The average molecular weight is 288 g/mol. The molecule has 1 N–H and O–H groups in total. The summed E-state index contributed by atoms with van der Waals surface area (Å²) >= 11 is 0. The van der Waals surface area contributed by atoms with Crippen molar-refractivity contribution in [2.45, 2.75) is 37.6 Å². The minimum Gasteiger partial charge on any atom is -0.317 e. The molecule has 1 aliphatic heterocycles. The van der Waals surface area contributed by atoms with E-state index in [0.29, 0.717) is 36.7 Å². The van der Waals surface area contributed by atoms with E-state index in [-0.39, 0.29) is 6.54 Å². The molecule has 0 unspecified atom stereocenters. The SMILES string of the molecule is CCCN(CC(F)(F)F)S(=O)(=O)C1CCNCC1. The molecule has 18 heavy (non-hydrogen) atoms. The number of hydrogen-bond acceptors (Lipinski definition) is 3. The Bertz CT molecular complexity index is 351. The lowest BCUT2D eigenvalue weighted by atomic mass is 10.2. The quantitative estimate of drug-likeness (QED) is 0.830. The fourth-order valence-corrected chi connectivity index (χ4v) is 4.07. The fraction of sp³-hybridized carbons (Fsp3) is 1.00. The Hall–Kier alpha value is -0.340. The van der Waals surface area contributed by atoms with Crippen molar-refractivity contribution < 1.29 is 21.6 Å². The summed E-state index contributed by atoms with van der Waals surface area (Å²) < 4.78 is 62.1. The van der Waals surface area contributed by atoms with Crippen LogP contribution in [0.3, 0.4) is 0 Å². The summed E-state index contributed by atoms with van der Waals surface area (Å²) in [6.45, 7) is 1.28. The number of rotatable bonds is 5. The van der Waals surface area contributed by atoms with Crippen LogP contribution in [0.5, 0.6) is 0 Å². The highest BCUT2D eigenvalue weighted by Gasteiger charge is 2.39. The molecule has 0 atom stereocenters. The van der Waals surface area contributed by atoms with Crippen LogP contribution in [0.2, 0.25) is 0 Å². The van der Waals surface area contributed by atoms with E-state index < -0.39 is 28.0 Å². The second-order valence-electron chi connectivity index (χ2n) is 4.44. The van der Waals surface area contributed by atoms with Gasteiger partial charge in [-0.1, -0.05) is 6.92 Å². The minimum absolute atomic E-state index is 0.0776. The maximum atomic E-state index is 12.4. The Kier molecular flexibility index (Phi) is 5.42. The second kappa shape index (κ2) is 6.21. The lowest BCUT2D eigenvalue weighted by Crippen LogP contribution is -2.47. The van der Waals surface area contributed by atoms with Gasteiger partial charge in [0.2, 0.25) is 10.0 Å². The Balaban J connectivity index is 2.81. The molecular formula is C10H19F3N2O2S. The summed E-state index contributed by atoms with van der Waals surface area (Å²) in [5.41, 5.74) is 0. The van der Waals surface area contributed by atoms with Gasteiger partial charge in [-0.3, -0.25) is 0 Å². The molecule has 0 amide bonds. The van der Waals surface area contributed by atoms with Gasteiger partial charge in [0.05, 0.1) is 5.25 Å². The summed E-state index contributed by atoms with van der Waals surface area (Å²) in [5, 5.41) is 2.31. The first-order valence-electron chi connectivity index (χ1n) is 6.04.